The quantitative estimate of drug-likeness (QED) is 0.744. The molecule has 0 aliphatic rings. The lowest BCUT2D eigenvalue weighted by molar-refractivity contribution is 0.746. The van der Waals surface area contributed by atoms with Crippen LogP contribution in [0, 0.1) is 6.92 Å². The highest BCUT2D eigenvalue weighted by Gasteiger charge is 2.07. The van der Waals surface area contributed by atoms with Crippen LogP contribution >= 0.6 is 11.3 Å². The van der Waals surface area contributed by atoms with Crippen LogP contribution in [0.1, 0.15) is 11.1 Å². The van der Waals surface area contributed by atoms with Crippen LogP contribution in [0.5, 0.6) is 0 Å². The Balaban J connectivity index is 1.99. The number of benzene rings is 2. The Morgan fingerprint density at radius 1 is 0.955 bits per heavy atom. The van der Waals surface area contributed by atoms with Crippen LogP contribution < -0.4 is 10.4 Å². The number of aromatic nitrogens is 1. The van der Waals surface area contributed by atoms with E-state index in [9.17, 15) is 9.59 Å². The van der Waals surface area contributed by atoms with Gasteiger partial charge in [0.25, 0.3) is 5.56 Å². The molecule has 0 spiro atoms. The summed E-state index contributed by atoms with van der Waals surface area (Å²) in [6.45, 7) is 2.31. The molecule has 0 N–H and O–H groups in total. The first-order chi connectivity index (χ1) is 10.6. The molecule has 0 bridgehead atoms. The van der Waals surface area contributed by atoms with Crippen LogP contribution in [-0.4, -0.2) is 4.57 Å². The molecule has 3 nitrogen and oxygen atoms in total. The Kier molecular flexibility index (Phi) is 4.02. The Hall–Kier alpha value is -2.46. The summed E-state index contributed by atoms with van der Waals surface area (Å²) >= 11 is 1.10. The predicted octanol–water partition coefficient (Wildman–Crippen LogP) is 3.29. The third-order valence-electron chi connectivity index (χ3n) is 3.46. The van der Waals surface area contributed by atoms with Crippen molar-refractivity contribution in [3.05, 3.63) is 91.8 Å². The number of aryl methyl sites for hydroxylation is 1. The van der Waals surface area contributed by atoms with Crippen molar-refractivity contribution in [1.82, 2.24) is 4.57 Å². The van der Waals surface area contributed by atoms with E-state index in [0.717, 1.165) is 28.0 Å². The van der Waals surface area contributed by atoms with Crippen molar-refractivity contribution in [2.75, 3.05) is 0 Å². The Morgan fingerprint density at radius 2 is 1.64 bits per heavy atom. The fraction of sp³-hybridized carbons (Fsp3) is 0.111. The van der Waals surface area contributed by atoms with Crippen molar-refractivity contribution < 1.29 is 0 Å². The second kappa shape index (κ2) is 6.12. The van der Waals surface area contributed by atoms with Gasteiger partial charge in [-0.15, -0.1) is 0 Å². The molecule has 22 heavy (non-hydrogen) atoms. The average molecular weight is 309 g/mol. The standard InChI is InChI=1S/C18H15NO2S/c1-13-7-9-14(10-8-13)12-19-17(20)11-16(22-18(19)21)15-5-3-2-4-6-15/h2-11H,12H2,1H3. The molecular weight excluding hydrogens is 294 g/mol. The minimum absolute atomic E-state index is 0.230. The van der Waals surface area contributed by atoms with Crippen molar-refractivity contribution in [1.29, 1.82) is 0 Å². The lowest BCUT2D eigenvalue weighted by Crippen LogP contribution is -2.30. The summed E-state index contributed by atoms with van der Waals surface area (Å²) in [6.07, 6.45) is 0. The maximum absolute atomic E-state index is 12.3. The maximum atomic E-state index is 12.3. The van der Waals surface area contributed by atoms with Gasteiger partial charge in [-0.2, -0.15) is 0 Å². The summed E-state index contributed by atoms with van der Waals surface area (Å²) in [6, 6.07) is 18.9. The second-order valence-corrected chi connectivity index (χ2v) is 6.15. The third-order valence-corrected chi connectivity index (χ3v) is 4.43. The van der Waals surface area contributed by atoms with Gasteiger partial charge in [-0.1, -0.05) is 71.5 Å². The van der Waals surface area contributed by atoms with E-state index in [1.165, 1.54) is 10.6 Å². The van der Waals surface area contributed by atoms with Crippen LogP contribution in [0.25, 0.3) is 10.4 Å². The molecule has 0 saturated heterocycles. The SMILES string of the molecule is Cc1ccc(Cn2c(=O)cc(-c3ccccc3)sc2=O)cc1. The molecule has 0 fully saturated rings. The van der Waals surface area contributed by atoms with E-state index < -0.39 is 0 Å². The smallest absolute Gasteiger partial charge is 0.269 e. The van der Waals surface area contributed by atoms with Gasteiger partial charge in [0.15, 0.2) is 0 Å². The van der Waals surface area contributed by atoms with Crippen LogP contribution in [0.15, 0.2) is 70.3 Å². The van der Waals surface area contributed by atoms with Crippen LogP contribution in [0.2, 0.25) is 0 Å². The highest BCUT2D eigenvalue weighted by molar-refractivity contribution is 7.12. The monoisotopic (exact) mass is 309 g/mol. The molecule has 2 aromatic carbocycles. The topological polar surface area (TPSA) is 39.1 Å². The lowest BCUT2D eigenvalue weighted by atomic mass is 10.1. The van der Waals surface area contributed by atoms with Gasteiger partial charge in [-0.05, 0) is 18.1 Å². The zero-order valence-electron chi connectivity index (χ0n) is 12.2. The number of nitrogens with zero attached hydrogens (tertiary/aromatic N) is 1. The van der Waals surface area contributed by atoms with Gasteiger partial charge in [-0.25, -0.2) is 0 Å². The molecule has 110 valence electrons. The molecule has 0 radical (unpaired) electrons. The fourth-order valence-corrected chi connectivity index (χ4v) is 3.09. The summed E-state index contributed by atoms with van der Waals surface area (Å²) in [4.78, 5) is 25.0. The van der Waals surface area contributed by atoms with E-state index in [2.05, 4.69) is 0 Å². The van der Waals surface area contributed by atoms with Crippen molar-refractivity contribution in [3.8, 4) is 10.4 Å². The van der Waals surface area contributed by atoms with Crippen LogP contribution in [0.3, 0.4) is 0 Å². The zero-order valence-corrected chi connectivity index (χ0v) is 13.0. The first-order valence-electron chi connectivity index (χ1n) is 6.99. The summed E-state index contributed by atoms with van der Waals surface area (Å²) < 4.78 is 1.28. The van der Waals surface area contributed by atoms with Crippen molar-refractivity contribution in [3.63, 3.8) is 0 Å². The molecule has 0 amide bonds. The van der Waals surface area contributed by atoms with Gasteiger partial charge in [0.05, 0.1) is 6.54 Å². The van der Waals surface area contributed by atoms with E-state index in [-0.39, 0.29) is 10.4 Å². The number of hydrogen-bond acceptors (Lipinski definition) is 3. The minimum atomic E-state index is -0.261. The van der Waals surface area contributed by atoms with Gasteiger partial charge in [0.2, 0.25) is 0 Å². The third kappa shape index (κ3) is 3.07. The van der Waals surface area contributed by atoms with E-state index in [4.69, 9.17) is 0 Å². The molecule has 0 atom stereocenters. The molecule has 4 heteroatoms. The van der Waals surface area contributed by atoms with Crippen LogP contribution in [-0.2, 0) is 6.54 Å². The minimum Gasteiger partial charge on any atom is -0.269 e. The van der Waals surface area contributed by atoms with E-state index in [0.29, 0.717) is 11.4 Å². The second-order valence-electron chi connectivity index (χ2n) is 5.15. The molecule has 3 rings (SSSR count). The van der Waals surface area contributed by atoms with Gasteiger partial charge in [0.1, 0.15) is 0 Å². The molecular formula is C18H15NO2S. The highest BCUT2D eigenvalue weighted by Crippen LogP contribution is 2.19. The van der Waals surface area contributed by atoms with Gasteiger partial charge in [0, 0.05) is 10.9 Å². The number of rotatable bonds is 3. The fourth-order valence-electron chi connectivity index (χ4n) is 2.22. The lowest BCUT2D eigenvalue weighted by Gasteiger charge is -2.06. The average Bonchev–Trinajstić information content (AvgIpc) is 2.53. The Bertz CT molecular complexity index is 862. The Labute approximate surface area is 132 Å². The largest absolute Gasteiger partial charge is 0.310 e. The van der Waals surface area contributed by atoms with Crippen molar-refractivity contribution in [2.45, 2.75) is 13.5 Å². The van der Waals surface area contributed by atoms with Crippen molar-refractivity contribution >= 4 is 11.3 Å². The van der Waals surface area contributed by atoms with Gasteiger partial charge < -0.3 is 0 Å². The summed E-state index contributed by atoms with van der Waals surface area (Å²) in [7, 11) is 0. The first-order valence-corrected chi connectivity index (χ1v) is 7.81. The van der Waals surface area contributed by atoms with Crippen molar-refractivity contribution in [2.24, 2.45) is 0 Å². The molecule has 1 aromatic heterocycles. The normalized spacial score (nSPS) is 10.6. The highest BCUT2D eigenvalue weighted by atomic mass is 32.1. The molecule has 0 saturated carbocycles. The van der Waals surface area contributed by atoms with E-state index >= 15 is 0 Å². The van der Waals surface area contributed by atoms with Crippen LogP contribution in [0.4, 0.5) is 0 Å². The van der Waals surface area contributed by atoms with Gasteiger partial charge in [-0.3, -0.25) is 14.2 Å². The molecule has 0 aliphatic heterocycles. The molecule has 0 aliphatic carbocycles. The number of hydrogen-bond donors (Lipinski definition) is 0. The molecule has 0 unspecified atom stereocenters. The first kappa shape index (κ1) is 14.5. The zero-order chi connectivity index (χ0) is 15.5. The summed E-state index contributed by atoms with van der Waals surface area (Å²) in [5.41, 5.74) is 2.73. The Morgan fingerprint density at radius 3 is 2.27 bits per heavy atom. The van der Waals surface area contributed by atoms with Gasteiger partial charge >= 0.3 is 4.87 Å². The predicted molar refractivity (Wildman–Crippen MR) is 90.6 cm³/mol. The van der Waals surface area contributed by atoms with E-state index in [1.54, 1.807) is 0 Å². The summed E-state index contributed by atoms with van der Waals surface area (Å²) in [5, 5.41) is 0. The molecule has 1 heterocycles. The molecule has 3 aromatic rings. The van der Waals surface area contributed by atoms with E-state index in [1.807, 2.05) is 61.5 Å². The maximum Gasteiger partial charge on any atom is 0.310 e. The summed E-state index contributed by atoms with van der Waals surface area (Å²) in [5.74, 6) is 0.